The molecule has 2 aromatic rings. The van der Waals surface area contributed by atoms with E-state index < -0.39 is 0 Å². The van der Waals surface area contributed by atoms with Gasteiger partial charge in [-0.3, -0.25) is 0 Å². The van der Waals surface area contributed by atoms with Gasteiger partial charge in [0.2, 0.25) is 0 Å². The molecule has 2 aromatic carbocycles. The van der Waals surface area contributed by atoms with Crippen LogP contribution in [0.25, 0.3) is 10.8 Å². The molecule has 0 unspecified atom stereocenters. The minimum Gasteiger partial charge on any atom is -0.371 e. The molecule has 0 spiro atoms. The quantitative estimate of drug-likeness (QED) is 0.820. The standard InChI is InChI=1S/C20H25N5/c1-16(24(3)15-12-21-2)22-23-19-10-11-20(25-13-6-7-14-25)18-9-5-4-8-17(18)19/h4-5,8-12,15,21H,1,6-7,13-14H2,2-3H3/p+1/b15-12-,23-22?. The van der Waals surface area contributed by atoms with Crippen LogP contribution in [0.15, 0.2) is 71.4 Å². The summed E-state index contributed by atoms with van der Waals surface area (Å²) in [6.45, 7) is 6.24. The Labute approximate surface area is 149 Å². The van der Waals surface area contributed by atoms with Crippen molar-refractivity contribution in [2.45, 2.75) is 12.8 Å². The van der Waals surface area contributed by atoms with E-state index in [-0.39, 0.29) is 0 Å². The Morgan fingerprint density at radius 3 is 2.60 bits per heavy atom. The first-order chi connectivity index (χ1) is 12.2. The summed E-state index contributed by atoms with van der Waals surface area (Å²) in [5.74, 6) is 0.603. The van der Waals surface area contributed by atoms with Gasteiger partial charge in [-0.2, -0.15) is 0 Å². The van der Waals surface area contributed by atoms with E-state index in [1.165, 1.54) is 23.9 Å². The van der Waals surface area contributed by atoms with Crippen LogP contribution in [0.3, 0.4) is 0 Å². The fourth-order valence-corrected chi connectivity index (χ4v) is 3.07. The number of nitrogens with two attached hydrogens (primary N) is 1. The number of anilines is 1. The summed E-state index contributed by atoms with van der Waals surface area (Å²) in [5, 5.41) is 13.1. The first kappa shape index (κ1) is 17.2. The predicted octanol–water partition coefficient (Wildman–Crippen LogP) is 3.59. The molecule has 1 fully saturated rings. The van der Waals surface area contributed by atoms with Crippen molar-refractivity contribution in [1.29, 1.82) is 0 Å². The minimum atomic E-state index is 0.603. The van der Waals surface area contributed by atoms with Crippen molar-refractivity contribution in [2.75, 3.05) is 32.1 Å². The molecule has 1 heterocycles. The van der Waals surface area contributed by atoms with Gasteiger partial charge in [0, 0.05) is 36.6 Å². The molecule has 25 heavy (non-hydrogen) atoms. The fourth-order valence-electron chi connectivity index (χ4n) is 3.07. The van der Waals surface area contributed by atoms with Crippen LogP contribution in [0.2, 0.25) is 0 Å². The van der Waals surface area contributed by atoms with Gasteiger partial charge in [-0.15, -0.1) is 10.2 Å². The molecule has 2 N–H and O–H groups in total. The maximum absolute atomic E-state index is 4.45. The van der Waals surface area contributed by atoms with Crippen molar-refractivity contribution in [3.63, 3.8) is 0 Å². The highest BCUT2D eigenvalue weighted by atomic mass is 15.3. The Morgan fingerprint density at radius 2 is 1.88 bits per heavy atom. The molecule has 0 amide bonds. The van der Waals surface area contributed by atoms with Crippen LogP contribution in [0.4, 0.5) is 11.4 Å². The number of rotatable bonds is 6. The molecule has 1 aliphatic rings. The van der Waals surface area contributed by atoms with Crippen LogP contribution in [-0.2, 0) is 0 Å². The van der Waals surface area contributed by atoms with Gasteiger partial charge in [0.05, 0.1) is 18.9 Å². The zero-order chi connectivity index (χ0) is 17.6. The SMILES string of the molecule is C=C(N=Nc1ccc(N2CCCC2)c2ccccc12)N(C)/C=C\[NH2+]C. The highest BCUT2D eigenvalue weighted by molar-refractivity contribution is 6.01. The topological polar surface area (TPSA) is 47.8 Å². The molecule has 0 atom stereocenters. The number of hydrogen-bond acceptors (Lipinski definition) is 4. The number of fused-ring (bicyclic) bond motifs is 1. The van der Waals surface area contributed by atoms with Crippen LogP contribution in [0, 0.1) is 0 Å². The van der Waals surface area contributed by atoms with Gasteiger partial charge in [-0.05, 0) is 25.0 Å². The third kappa shape index (κ3) is 3.88. The number of benzene rings is 2. The number of hydrogen-bond donors (Lipinski definition) is 1. The summed E-state index contributed by atoms with van der Waals surface area (Å²) in [7, 11) is 3.89. The van der Waals surface area contributed by atoms with Gasteiger partial charge >= 0.3 is 0 Å². The van der Waals surface area contributed by atoms with E-state index in [4.69, 9.17) is 0 Å². The van der Waals surface area contributed by atoms with Crippen LogP contribution in [-0.4, -0.2) is 32.1 Å². The zero-order valence-corrected chi connectivity index (χ0v) is 15.0. The van der Waals surface area contributed by atoms with E-state index in [0.717, 1.165) is 24.2 Å². The average Bonchev–Trinajstić information content (AvgIpc) is 3.18. The molecule has 5 heteroatoms. The summed E-state index contributed by atoms with van der Waals surface area (Å²) in [5.41, 5.74) is 2.17. The average molecular weight is 336 g/mol. The Kier molecular flexibility index (Phi) is 5.46. The molecule has 130 valence electrons. The number of quaternary nitrogens is 1. The Bertz CT molecular complexity index is 803. The van der Waals surface area contributed by atoms with Crippen LogP contribution >= 0.6 is 0 Å². The largest absolute Gasteiger partial charge is 0.371 e. The molecule has 0 bridgehead atoms. The van der Waals surface area contributed by atoms with Crippen LogP contribution in [0.5, 0.6) is 0 Å². The van der Waals surface area contributed by atoms with Gasteiger partial charge in [0.15, 0.2) is 0 Å². The zero-order valence-electron chi connectivity index (χ0n) is 15.0. The molecular weight excluding hydrogens is 310 g/mol. The molecule has 0 radical (unpaired) electrons. The van der Waals surface area contributed by atoms with E-state index >= 15 is 0 Å². The van der Waals surface area contributed by atoms with Crippen molar-refractivity contribution in [3.8, 4) is 0 Å². The summed E-state index contributed by atoms with van der Waals surface area (Å²) >= 11 is 0. The monoisotopic (exact) mass is 336 g/mol. The second-order valence-corrected chi connectivity index (χ2v) is 6.25. The molecule has 0 saturated carbocycles. The molecular formula is C20H26N5+. The van der Waals surface area contributed by atoms with E-state index in [1.54, 1.807) is 0 Å². The first-order valence-corrected chi connectivity index (χ1v) is 8.77. The van der Waals surface area contributed by atoms with Crippen LogP contribution < -0.4 is 10.2 Å². The van der Waals surface area contributed by atoms with E-state index in [0.29, 0.717) is 5.82 Å². The van der Waals surface area contributed by atoms with Gasteiger partial charge in [0.25, 0.3) is 0 Å². The molecule has 0 aliphatic carbocycles. The van der Waals surface area contributed by atoms with Gasteiger partial charge in [0.1, 0.15) is 12.0 Å². The van der Waals surface area contributed by atoms with Crippen molar-refractivity contribution < 1.29 is 5.32 Å². The highest BCUT2D eigenvalue weighted by Crippen LogP contribution is 2.35. The highest BCUT2D eigenvalue weighted by Gasteiger charge is 2.15. The summed E-state index contributed by atoms with van der Waals surface area (Å²) in [6.07, 6.45) is 6.40. The smallest absolute Gasteiger partial charge is 0.147 e. The maximum Gasteiger partial charge on any atom is 0.147 e. The predicted molar refractivity (Wildman–Crippen MR) is 104 cm³/mol. The Hall–Kier alpha value is -2.66. The molecule has 5 nitrogen and oxygen atoms in total. The summed E-state index contributed by atoms with van der Waals surface area (Å²) < 4.78 is 0. The van der Waals surface area contributed by atoms with E-state index in [9.17, 15) is 0 Å². The van der Waals surface area contributed by atoms with Crippen LogP contribution in [0.1, 0.15) is 12.8 Å². The van der Waals surface area contributed by atoms with Crippen molar-refractivity contribution >= 4 is 22.1 Å². The Balaban J connectivity index is 1.90. The lowest BCUT2D eigenvalue weighted by molar-refractivity contribution is -0.557. The van der Waals surface area contributed by atoms with Crippen molar-refractivity contribution in [1.82, 2.24) is 4.90 Å². The Morgan fingerprint density at radius 1 is 1.16 bits per heavy atom. The summed E-state index contributed by atoms with van der Waals surface area (Å²) in [6, 6.07) is 12.6. The van der Waals surface area contributed by atoms with Crippen molar-refractivity contribution in [2.24, 2.45) is 10.2 Å². The molecule has 0 aromatic heterocycles. The lowest BCUT2D eigenvalue weighted by Gasteiger charge is -2.20. The second kappa shape index (κ2) is 7.94. The maximum atomic E-state index is 4.45. The third-order valence-corrected chi connectivity index (χ3v) is 4.51. The number of nitrogens with zero attached hydrogens (tertiary/aromatic N) is 4. The second-order valence-electron chi connectivity index (χ2n) is 6.25. The number of azo groups is 1. The normalized spacial score (nSPS) is 14.9. The van der Waals surface area contributed by atoms with Gasteiger partial charge in [-0.25, -0.2) is 0 Å². The van der Waals surface area contributed by atoms with Gasteiger partial charge < -0.3 is 15.1 Å². The van der Waals surface area contributed by atoms with E-state index in [1.807, 2.05) is 36.7 Å². The molecule has 1 aliphatic heterocycles. The molecule has 3 rings (SSSR count). The lowest BCUT2D eigenvalue weighted by Crippen LogP contribution is -2.72. The van der Waals surface area contributed by atoms with E-state index in [2.05, 4.69) is 58.1 Å². The lowest BCUT2D eigenvalue weighted by atomic mass is 10.1. The minimum absolute atomic E-state index is 0.603. The third-order valence-electron chi connectivity index (χ3n) is 4.51. The van der Waals surface area contributed by atoms with Gasteiger partial charge in [-0.1, -0.05) is 30.8 Å². The van der Waals surface area contributed by atoms with Crippen molar-refractivity contribution in [3.05, 3.63) is 61.2 Å². The molecule has 1 saturated heterocycles. The fraction of sp³-hybridized carbons (Fsp3) is 0.300. The summed E-state index contributed by atoms with van der Waals surface area (Å²) in [4.78, 5) is 4.31. The first-order valence-electron chi connectivity index (χ1n) is 8.77.